The number of rotatable bonds is 2. The van der Waals surface area contributed by atoms with Gasteiger partial charge in [0.2, 0.25) is 0 Å². The molecule has 5 heteroatoms. The number of likely N-dealkylation sites (tertiary alicyclic amines) is 1. The van der Waals surface area contributed by atoms with Crippen molar-refractivity contribution in [1.29, 1.82) is 0 Å². The molecule has 1 N–H and O–H groups in total. The summed E-state index contributed by atoms with van der Waals surface area (Å²) in [5.41, 5.74) is 0.889. The smallest absolute Gasteiger partial charge is 0.173 e. The topological polar surface area (TPSA) is 15.3 Å². The maximum absolute atomic E-state index is 6.01. The van der Waals surface area contributed by atoms with Gasteiger partial charge in [0.25, 0.3) is 0 Å². The lowest BCUT2D eigenvalue weighted by molar-refractivity contribution is 0.239. The molecule has 1 fully saturated rings. The zero-order valence-corrected chi connectivity index (χ0v) is 13.3. The molecule has 2 rings (SSSR count). The normalized spacial score (nSPS) is 19.3. The van der Waals surface area contributed by atoms with E-state index in [1.54, 1.807) is 12.1 Å². The molecule has 0 aliphatic carbocycles. The summed E-state index contributed by atoms with van der Waals surface area (Å²) >= 11 is 17.4. The van der Waals surface area contributed by atoms with Gasteiger partial charge in [-0.3, -0.25) is 0 Å². The zero-order valence-electron chi connectivity index (χ0n) is 11.0. The van der Waals surface area contributed by atoms with Gasteiger partial charge >= 0.3 is 0 Å². The van der Waals surface area contributed by atoms with Crippen molar-refractivity contribution in [2.24, 2.45) is 0 Å². The lowest BCUT2D eigenvalue weighted by Crippen LogP contribution is -2.45. The monoisotopic (exact) mass is 316 g/mol. The Morgan fingerprint density at radius 2 is 2.16 bits per heavy atom. The first-order valence-electron chi connectivity index (χ1n) is 6.64. The van der Waals surface area contributed by atoms with Crippen LogP contribution in [0.4, 0.5) is 5.69 Å². The number of hydrogen-bond donors (Lipinski definition) is 1. The van der Waals surface area contributed by atoms with Gasteiger partial charge in [0, 0.05) is 18.3 Å². The third-order valence-corrected chi connectivity index (χ3v) is 4.61. The van der Waals surface area contributed by atoms with Crippen molar-refractivity contribution in [3.05, 3.63) is 28.2 Å². The second-order valence-corrected chi connectivity index (χ2v) is 6.01. The Bertz CT molecular complexity index is 465. The quantitative estimate of drug-likeness (QED) is 0.777. The molecule has 0 bridgehead atoms. The third-order valence-electron chi connectivity index (χ3n) is 3.53. The molecule has 1 aliphatic heterocycles. The van der Waals surface area contributed by atoms with Gasteiger partial charge in [0.1, 0.15) is 0 Å². The number of benzene rings is 1. The predicted molar refractivity (Wildman–Crippen MR) is 87.3 cm³/mol. The second kappa shape index (κ2) is 6.78. The Hall–Kier alpha value is -0.510. The van der Waals surface area contributed by atoms with Crippen LogP contribution in [0.2, 0.25) is 10.0 Å². The summed E-state index contributed by atoms with van der Waals surface area (Å²) in [7, 11) is 0. The van der Waals surface area contributed by atoms with E-state index in [4.69, 9.17) is 35.4 Å². The first-order chi connectivity index (χ1) is 9.11. The molecule has 0 spiro atoms. The average Bonchev–Trinajstić information content (AvgIpc) is 2.43. The molecule has 2 nitrogen and oxygen atoms in total. The van der Waals surface area contributed by atoms with E-state index in [0.29, 0.717) is 16.1 Å². The van der Waals surface area contributed by atoms with Gasteiger partial charge in [0.05, 0.1) is 10.0 Å². The van der Waals surface area contributed by atoms with Crippen molar-refractivity contribution in [2.75, 3.05) is 11.9 Å². The molecule has 1 saturated heterocycles. The lowest BCUT2D eigenvalue weighted by atomic mass is 10.0. The first kappa shape index (κ1) is 14.9. The largest absolute Gasteiger partial charge is 0.346 e. The van der Waals surface area contributed by atoms with Crippen LogP contribution in [0, 0.1) is 0 Å². The van der Waals surface area contributed by atoms with Gasteiger partial charge in [-0.25, -0.2) is 0 Å². The fraction of sp³-hybridized carbons (Fsp3) is 0.500. The third kappa shape index (κ3) is 3.74. The molecular weight excluding hydrogens is 299 g/mol. The van der Waals surface area contributed by atoms with E-state index in [1.165, 1.54) is 19.3 Å². The Morgan fingerprint density at radius 3 is 2.84 bits per heavy atom. The van der Waals surface area contributed by atoms with Crippen LogP contribution in [0.15, 0.2) is 18.2 Å². The molecule has 1 aliphatic rings. The molecule has 0 aromatic heterocycles. The molecule has 1 aromatic carbocycles. The molecule has 0 amide bonds. The van der Waals surface area contributed by atoms with Crippen LogP contribution >= 0.6 is 35.4 Å². The fourth-order valence-corrected chi connectivity index (χ4v) is 3.12. The van der Waals surface area contributed by atoms with Crippen molar-refractivity contribution in [3.8, 4) is 0 Å². The van der Waals surface area contributed by atoms with Crippen molar-refractivity contribution in [2.45, 2.75) is 38.6 Å². The minimum Gasteiger partial charge on any atom is -0.346 e. The van der Waals surface area contributed by atoms with Gasteiger partial charge in [-0.1, -0.05) is 30.1 Å². The highest BCUT2D eigenvalue weighted by atomic mass is 35.5. The summed E-state index contributed by atoms with van der Waals surface area (Å²) in [5.74, 6) is 0. The summed E-state index contributed by atoms with van der Waals surface area (Å²) < 4.78 is 0. The second-order valence-electron chi connectivity index (χ2n) is 4.81. The Balaban J connectivity index is 2.05. The number of nitrogens with one attached hydrogen (secondary N) is 1. The van der Waals surface area contributed by atoms with E-state index >= 15 is 0 Å². The lowest BCUT2D eigenvalue weighted by Gasteiger charge is -2.37. The van der Waals surface area contributed by atoms with Crippen LogP contribution in [0.1, 0.15) is 32.6 Å². The standard InChI is InChI=1S/C14H18Cl2N2S/c1-2-11-5-3-4-8-18(11)14(19)17-10-6-7-12(15)13(16)9-10/h6-7,9,11H,2-5,8H2,1H3,(H,17,19)/t11-/m1/s1. The van der Waals surface area contributed by atoms with Crippen LogP contribution in [-0.2, 0) is 0 Å². The maximum atomic E-state index is 6.01. The molecule has 1 aromatic rings. The molecule has 1 heterocycles. The number of thiocarbonyl (C=S) groups is 1. The van der Waals surface area contributed by atoms with Gasteiger partial charge in [-0.2, -0.15) is 0 Å². The molecule has 1 atom stereocenters. The minimum absolute atomic E-state index is 0.542. The van der Waals surface area contributed by atoms with Crippen molar-refractivity contribution >= 4 is 46.2 Å². The van der Waals surface area contributed by atoms with Crippen LogP contribution < -0.4 is 5.32 Å². The number of hydrogen-bond acceptors (Lipinski definition) is 1. The van der Waals surface area contributed by atoms with Crippen molar-refractivity contribution in [1.82, 2.24) is 4.90 Å². The molecule has 0 unspecified atom stereocenters. The van der Waals surface area contributed by atoms with E-state index in [-0.39, 0.29) is 0 Å². The van der Waals surface area contributed by atoms with Gasteiger partial charge in [-0.15, -0.1) is 0 Å². The number of anilines is 1. The first-order valence-corrected chi connectivity index (χ1v) is 7.81. The minimum atomic E-state index is 0.542. The van der Waals surface area contributed by atoms with Crippen LogP contribution in [0.3, 0.4) is 0 Å². The number of nitrogens with zero attached hydrogens (tertiary/aromatic N) is 1. The Morgan fingerprint density at radius 1 is 1.37 bits per heavy atom. The predicted octanol–water partition coefficient (Wildman–Crippen LogP) is 4.95. The highest BCUT2D eigenvalue weighted by Crippen LogP contribution is 2.26. The average molecular weight is 317 g/mol. The van der Waals surface area contributed by atoms with Crippen molar-refractivity contribution < 1.29 is 0 Å². The summed E-state index contributed by atoms with van der Waals surface area (Å²) in [6.07, 6.45) is 4.85. The maximum Gasteiger partial charge on any atom is 0.173 e. The molecule has 104 valence electrons. The van der Waals surface area contributed by atoms with E-state index in [0.717, 1.165) is 23.8 Å². The fourth-order valence-electron chi connectivity index (χ4n) is 2.46. The Kier molecular flexibility index (Phi) is 5.31. The number of piperidine rings is 1. The van der Waals surface area contributed by atoms with Crippen LogP contribution in [-0.4, -0.2) is 22.6 Å². The summed E-state index contributed by atoms with van der Waals surface area (Å²) in [4.78, 5) is 2.29. The van der Waals surface area contributed by atoms with E-state index in [1.807, 2.05) is 6.07 Å². The SMILES string of the molecule is CC[C@@H]1CCCCN1C(=S)Nc1ccc(Cl)c(Cl)c1. The van der Waals surface area contributed by atoms with Gasteiger partial charge in [-0.05, 0) is 56.1 Å². The highest BCUT2D eigenvalue weighted by molar-refractivity contribution is 7.80. The van der Waals surface area contributed by atoms with Gasteiger partial charge in [0.15, 0.2) is 5.11 Å². The highest BCUT2D eigenvalue weighted by Gasteiger charge is 2.22. The number of halogens is 2. The molecule has 0 radical (unpaired) electrons. The van der Waals surface area contributed by atoms with Crippen LogP contribution in [0.25, 0.3) is 0 Å². The zero-order chi connectivity index (χ0) is 13.8. The van der Waals surface area contributed by atoms with Crippen molar-refractivity contribution in [3.63, 3.8) is 0 Å². The summed E-state index contributed by atoms with van der Waals surface area (Å²) in [6.45, 7) is 3.25. The summed E-state index contributed by atoms with van der Waals surface area (Å²) in [6, 6.07) is 6.03. The Labute approximate surface area is 130 Å². The van der Waals surface area contributed by atoms with E-state index in [2.05, 4.69) is 17.1 Å². The molecule has 19 heavy (non-hydrogen) atoms. The van der Waals surface area contributed by atoms with E-state index in [9.17, 15) is 0 Å². The van der Waals surface area contributed by atoms with E-state index < -0.39 is 0 Å². The molecule has 0 saturated carbocycles. The molecular formula is C14H18Cl2N2S. The summed E-state index contributed by atoms with van der Waals surface area (Å²) in [5, 5.41) is 5.14. The van der Waals surface area contributed by atoms with Crippen LogP contribution in [0.5, 0.6) is 0 Å². The van der Waals surface area contributed by atoms with Gasteiger partial charge < -0.3 is 10.2 Å².